The van der Waals surface area contributed by atoms with Gasteiger partial charge in [0, 0.05) is 32.0 Å². The second-order valence-corrected chi connectivity index (χ2v) is 12.6. The summed E-state index contributed by atoms with van der Waals surface area (Å²) < 4.78 is 71.3. The van der Waals surface area contributed by atoms with E-state index in [9.17, 15) is 31.2 Å². The molecule has 8 nitrogen and oxygen atoms in total. The van der Waals surface area contributed by atoms with Gasteiger partial charge in [-0.2, -0.15) is 13.2 Å². The lowest BCUT2D eigenvalue weighted by Crippen LogP contribution is -2.51. The molecular weight excluding hydrogens is 595 g/mol. The van der Waals surface area contributed by atoms with Gasteiger partial charge < -0.3 is 15.0 Å². The highest BCUT2D eigenvalue weighted by Crippen LogP contribution is 2.32. The van der Waals surface area contributed by atoms with E-state index in [0.717, 1.165) is 39.9 Å². The summed E-state index contributed by atoms with van der Waals surface area (Å²) in [6, 6.07) is 19.3. The minimum Gasteiger partial charge on any atom is -0.497 e. The van der Waals surface area contributed by atoms with Crippen molar-refractivity contribution in [1.82, 2.24) is 10.2 Å². The Hall–Kier alpha value is -4.06. The highest BCUT2D eigenvalue weighted by molar-refractivity contribution is 7.92. The topological polar surface area (TPSA) is 96.0 Å². The fourth-order valence-corrected chi connectivity index (χ4v) is 5.70. The molecule has 0 fully saturated rings. The van der Waals surface area contributed by atoms with E-state index < -0.39 is 33.7 Å². The van der Waals surface area contributed by atoms with E-state index >= 15 is 0 Å². The summed E-state index contributed by atoms with van der Waals surface area (Å²) in [7, 11) is -2.45. The monoisotopic (exact) mass is 633 g/mol. The summed E-state index contributed by atoms with van der Waals surface area (Å²) >= 11 is 0. The molecule has 1 unspecified atom stereocenters. The molecule has 0 aliphatic carbocycles. The molecule has 0 heterocycles. The largest absolute Gasteiger partial charge is 0.497 e. The number of nitrogens with one attached hydrogen (secondary N) is 1. The maximum atomic E-state index is 13.9. The van der Waals surface area contributed by atoms with Crippen LogP contribution in [-0.2, 0) is 38.8 Å². The third kappa shape index (κ3) is 10.0. The Morgan fingerprint density at radius 2 is 1.59 bits per heavy atom. The van der Waals surface area contributed by atoms with Crippen LogP contribution in [0.25, 0.3) is 0 Å². The Morgan fingerprint density at radius 3 is 2.20 bits per heavy atom. The van der Waals surface area contributed by atoms with Crippen molar-refractivity contribution in [3.63, 3.8) is 0 Å². The molecule has 0 bridgehead atoms. The number of amides is 2. The molecule has 0 aromatic heterocycles. The molecule has 3 aromatic rings. The molecule has 3 rings (SSSR count). The van der Waals surface area contributed by atoms with Gasteiger partial charge in [0.05, 0.1) is 24.6 Å². The molecule has 0 radical (unpaired) electrons. The third-order valence-electron chi connectivity index (χ3n) is 6.80. The molecule has 238 valence electrons. The molecule has 1 N–H and O–H groups in total. The van der Waals surface area contributed by atoms with Crippen molar-refractivity contribution in [2.45, 2.75) is 57.9 Å². The first-order chi connectivity index (χ1) is 20.7. The number of nitrogens with zero attached hydrogens (tertiary/aromatic N) is 2. The summed E-state index contributed by atoms with van der Waals surface area (Å²) in [5, 5.41) is 2.90. The lowest BCUT2D eigenvalue weighted by molar-refractivity contribution is -0.141. The van der Waals surface area contributed by atoms with Crippen LogP contribution in [0.2, 0.25) is 0 Å². The van der Waals surface area contributed by atoms with Gasteiger partial charge in [0.15, 0.2) is 0 Å². The van der Waals surface area contributed by atoms with Gasteiger partial charge in [-0.25, -0.2) is 8.42 Å². The first kappa shape index (κ1) is 34.4. The van der Waals surface area contributed by atoms with Crippen LogP contribution in [-0.4, -0.2) is 57.1 Å². The van der Waals surface area contributed by atoms with E-state index in [1.165, 1.54) is 18.1 Å². The summed E-state index contributed by atoms with van der Waals surface area (Å²) in [5.74, 6) is -0.182. The van der Waals surface area contributed by atoms with Crippen molar-refractivity contribution in [2.75, 3.05) is 24.2 Å². The Bertz CT molecular complexity index is 1510. The van der Waals surface area contributed by atoms with Crippen molar-refractivity contribution in [2.24, 2.45) is 0 Å². The van der Waals surface area contributed by atoms with E-state index in [-0.39, 0.29) is 50.0 Å². The van der Waals surface area contributed by atoms with Gasteiger partial charge in [0.25, 0.3) is 0 Å². The number of sulfonamides is 1. The number of carbonyl (C=O) groups excluding carboxylic acids is 2. The lowest BCUT2D eigenvalue weighted by atomic mass is 10.0. The van der Waals surface area contributed by atoms with Gasteiger partial charge in [0.2, 0.25) is 21.8 Å². The zero-order chi connectivity index (χ0) is 32.5. The second kappa shape index (κ2) is 15.1. The van der Waals surface area contributed by atoms with Crippen LogP contribution in [0, 0.1) is 0 Å². The van der Waals surface area contributed by atoms with Crippen LogP contribution in [0.5, 0.6) is 5.75 Å². The number of halogens is 3. The van der Waals surface area contributed by atoms with Gasteiger partial charge in [-0.1, -0.05) is 48.5 Å². The van der Waals surface area contributed by atoms with Crippen molar-refractivity contribution in [1.29, 1.82) is 0 Å². The van der Waals surface area contributed by atoms with E-state index in [0.29, 0.717) is 5.75 Å². The van der Waals surface area contributed by atoms with Crippen LogP contribution in [0.15, 0.2) is 78.9 Å². The molecule has 12 heteroatoms. The molecule has 0 aliphatic rings. The molecular formula is C32H38F3N3O5S. The predicted octanol–water partition coefficient (Wildman–Crippen LogP) is 5.42. The van der Waals surface area contributed by atoms with E-state index in [2.05, 4.69) is 5.32 Å². The molecule has 1 atom stereocenters. The number of alkyl halides is 3. The van der Waals surface area contributed by atoms with Crippen LogP contribution < -0.4 is 14.4 Å². The summed E-state index contributed by atoms with van der Waals surface area (Å²) in [6.45, 7) is 3.47. The van der Waals surface area contributed by atoms with Gasteiger partial charge in [0.1, 0.15) is 11.8 Å². The molecule has 3 aromatic carbocycles. The highest BCUT2D eigenvalue weighted by Gasteiger charge is 2.33. The minimum atomic E-state index is -4.65. The Kier molecular flexibility index (Phi) is 11.8. The van der Waals surface area contributed by atoms with Gasteiger partial charge >= 0.3 is 6.18 Å². The maximum Gasteiger partial charge on any atom is 0.416 e. The SMILES string of the molecule is COc1cccc(CN(C(=O)CCCN(c2cccc(C(F)(F)F)c2)S(C)(=O)=O)C(Cc2ccccc2)C(=O)NC(C)C)c1. The van der Waals surface area contributed by atoms with Gasteiger partial charge in [-0.15, -0.1) is 0 Å². The van der Waals surface area contributed by atoms with Crippen LogP contribution in [0.1, 0.15) is 43.4 Å². The number of benzene rings is 3. The number of anilines is 1. The van der Waals surface area contributed by atoms with E-state index in [1.54, 1.807) is 18.2 Å². The smallest absolute Gasteiger partial charge is 0.416 e. The number of hydrogen-bond acceptors (Lipinski definition) is 5. The molecule has 0 spiro atoms. The quantitative estimate of drug-likeness (QED) is 0.256. The fourth-order valence-electron chi connectivity index (χ4n) is 4.74. The molecule has 2 amide bonds. The minimum absolute atomic E-state index is 0.000611. The zero-order valence-corrected chi connectivity index (χ0v) is 26.0. The van der Waals surface area contributed by atoms with Crippen molar-refractivity contribution >= 4 is 27.5 Å². The molecule has 0 saturated heterocycles. The predicted molar refractivity (Wildman–Crippen MR) is 164 cm³/mol. The Balaban J connectivity index is 1.91. The van der Waals surface area contributed by atoms with Crippen molar-refractivity contribution < 1.29 is 35.9 Å². The first-order valence-electron chi connectivity index (χ1n) is 14.1. The Morgan fingerprint density at radius 1 is 0.932 bits per heavy atom. The number of ether oxygens (including phenoxy) is 1. The normalized spacial score (nSPS) is 12.5. The molecule has 0 aliphatic heterocycles. The fraction of sp³-hybridized carbons (Fsp3) is 0.375. The summed E-state index contributed by atoms with van der Waals surface area (Å²) in [5.41, 5.74) is 0.424. The number of rotatable bonds is 14. The van der Waals surface area contributed by atoms with E-state index in [1.807, 2.05) is 50.2 Å². The average molecular weight is 634 g/mol. The highest BCUT2D eigenvalue weighted by atomic mass is 32.2. The Labute approximate surface area is 256 Å². The molecule has 44 heavy (non-hydrogen) atoms. The van der Waals surface area contributed by atoms with Gasteiger partial charge in [-0.05, 0) is 61.7 Å². The zero-order valence-electron chi connectivity index (χ0n) is 25.2. The third-order valence-corrected chi connectivity index (χ3v) is 8.00. The number of methoxy groups -OCH3 is 1. The van der Waals surface area contributed by atoms with E-state index in [4.69, 9.17) is 4.74 Å². The van der Waals surface area contributed by atoms with Crippen LogP contribution in [0.3, 0.4) is 0 Å². The first-order valence-corrected chi connectivity index (χ1v) is 16.0. The van der Waals surface area contributed by atoms with Crippen molar-refractivity contribution in [3.05, 3.63) is 95.6 Å². The van der Waals surface area contributed by atoms with Crippen LogP contribution >= 0.6 is 0 Å². The molecule has 0 saturated carbocycles. The lowest BCUT2D eigenvalue weighted by Gasteiger charge is -2.32. The average Bonchev–Trinajstić information content (AvgIpc) is 2.96. The number of carbonyl (C=O) groups is 2. The standard InChI is InChI=1S/C32H38F3N3O5S/c1-23(2)36-31(40)29(20-24-11-6-5-7-12-24)37(22-25-13-8-16-28(19-25)43-3)30(39)17-10-18-38(44(4,41)42)27-15-9-14-26(21-27)32(33,34)35/h5-9,11-16,19,21,23,29H,10,17-18,20,22H2,1-4H3,(H,36,40). The van der Waals surface area contributed by atoms with Crippen molar-refractivity contribution in [3.8, 4) is 5.75 Å². The second-order valence-electron chi connectivity index (χ2n) is 10.7. The summed E-state index contributed by atoms with van der Waals surface area (Å²) in [6.07, 6.45) is -3.68. The summed E-state index contributed by atoms with van der Waals surface area (Å²) in [4.78, 5) is 28.9. The number of hydrogen-bond donors (Lipinski definition) is 1. The maximum absolute atomic E-state index is 13.9. The van der Waals surface area contributed by atoms with Crippen LogP contribution in [0.4, 0.5) is 18.9 Å². The van der Waals surface area contributed by atoms with Gasteiger partial charge in [-0.3, -0.25) is 13.9 Å².